The normalized spacial score (nSPS) is 27.9. The zero-order valence-electron chi connectivity index (χ0n) is 26.6. The standard InChI is InChI=1S/C35H53NO6/c1-24(37)41-28-17-19-29-26(22-28)16-18-30-31-20-21-32(42-25(2)38)35(31,3)23-27(34(29)30)14-12-10-8-6-7-9-11-13-15-33(39)36(4)40-5/h17,19,22,27,30-32,34H,6-16,18,20-21,23H2,1-5H3/t27-,30-,31-,32-,34+,35-/m0/s1. The lowest BCUT2D eigenvalue weighted by atomic mass is 9.51. The van der Waals surface area contributed by atoms with Crippen LogP contribution in [0.3, 0.4) is 0 Å². The van der Waals surface area contributed by atoms with Gasteiger partial charge < -0.3 is 9.47 Å². The van der Waals surface area contributed by atoms with Crippen molar-refractivity contribution >= 4 is 17.8 Å². The molecule has 7 heteroatoms. The van der Waals surface area contributed by atoms with Crippen LogP contribution in [0.25, 0.3) is 0 Å². The molecule has 0 spiro atoms. The fourth-order valence-corrected chi connectivity index (χ4v) is 8.73. The van der Waals surface area contributed by atoms with Gasteiger partial charge in [0.25, 0.3) is 0 Å². The number of nitrogens with zero attached hydrogens (tertiary/aromatic N) is 1. The van der Waals surface area contributed by atoms with E-state index < -0.39 is 0 Å². The highest BCUT2D eigenvalue weighted by molar-refractivity contribution is 5.74. The molecule has 0 heterocycles. The summed E-state index contributed by atoms with van der Waals surface area (Å²) < 4.78 is 11.4. The maximum absolute atomic E-state index is 12.0. The number of aryl methyl sites for hydroxylation is 1. The van der Waals surface area contributed by atoms with Gasteiger partial charge >= 0.3 is 11.9 Å². The highest BCUT2D eigenvalue weighted by Crippen LogP contribution is 2.64. The summed E-state index contributed by atoms with van der Waals surface area (Å²) in [6.45, 7) is 5.41. The summed E-state index contributed by atoms with van der Waals surface area (Å²) in [5.41, 5.74) is 2.85. The summed E-state index contributed by atoms with van der Waals surface area (Å²) in [5.74, 6) is 2.55. The maximum Gasteiger partial charge on any atom is 0.308 e. The zero-order chi connectivity index (χ0) is 30.3. The topological polar surface area (TPSA) is 82.1 Å². The number of carbonyl (C=O) groups is 3. The minimum Gasteiger partial charge on any atom is -0.462 e. The molecule has 1 amide bonds. The number of benzene rings is 1. The Morgan fingerprint density at radius 2 is 1.62 bits per heavy atom. The first-order chi connectivity index (χ1) is 20.1. The second-order valence-electron chi connectivity index (χ2n) is 13.4. The molecule has 1 aromatic rings. The molecule has 4 rings (SSSR count). The van der Waals surface area contributed by atoms with E-state index in [0.29, 0.717) is 35.8 Å². The molecule has 3 aliphatic rings. The van der Waals surface area contributed by atoms with E-state index in [4.69, 9.17) is 14.3 Å². The van der Waals surface area contributed by atoms with E-state index >= 15 is 0 Å². The third-order valence-corrected chi connectivity index (χ3v) is 10.6. The average molecular weight is 584 g/mol. The third-order valence-electron chi connectivity index (χ3n) is 10.6. The monoisotopic (exact) mass is 583 g/mol. The van der Waals surface area contributed by atoms with Crippen LogP contribution in [0.2, 0.25) is 0 Å². The van der Waals surface area contributed by atoms with Crippen LogP contribution in [0.15, 0.2) is 18.2 Å². The Bertz CT molecular complexity index is 1090. The van der Waals surface area contributed by atoms with Gasteiger partial charge in [-0.25, -0.2) is 5.06 Å². The Kier molecular flexibility index (Phi) is 11.5. The van der Waals surface area contributed by atoms with Gasteiger partial charge in [-0.15, -0.1) is 0 Å². The number of carbonyl (C=O) groups excluding carboxylic acids is 3. The fraction of sp³-hybridized carbons (Fsp3) is 0.743. The Balaban J connectivity index is 1.34. The maximum atomic E-state index is 12.0. The highest BCUT2D eigenvalue weighted by Gasteiger charge is 2.58. The van der Waals surface area contributed by atoms with Crippen molar-refractivity contribution in [2.45, 2.75) is 129 Å². The highest BCUT2D eigenvalue weighted by atomic mass is 16.7. The molecule has 3 aliphatic carbocycles. The quantitative estimate of drug-likeness (QED) is 0.0974. The second-order valence-corrected chi connectivity index (χ2v) is 13.4. The molecule has 0 aliphatic heterocycles. The molecule has 1 aromatic carbocycles. The van der Waals surface area contributed by atoms with Crippen LogP contribution in [0, 0.1) is 23.2 Å². The first-order valence-electron chi connectivity index (χ1n) is 16.4. The van der Waals surface area contributed by atoms with Gasteiger partial charge in [-0.1, -0.05) is 57.9 Å². The summed E-state index contributed by atoms with van der Waals surface area (Å²) in [6.07, 6.45) is 16.6. The SMILES string of the molecule is CON(C)C(=O)CCCCCCCCCC[C@H]1C[C@]2(C)[C@@H](OC(C)=O)CC[C@H]2[C@@H]2CCc3cc(OC(C)=O)ccc3[C@@H]12. The van der Waals surface area contributed by atoms with E-state index in [-0.39, 0.29) is 29.4 Å². The number of hydrogen-bond acceptors (Lipinski definition) is 6. The van der Waals surface area contributed by atoms with Crippen LogP contribution in [0.4, 0.5) is 0 Å². The predicted molar refractivity (Wildman–Crippen MR) is 163 cm³/mol. The second kappa shape index (κ2) is 14.9. The molecule has 0 radical (unpaired) electrons. The van der Waals surface area contributed by atoms with Crippen molar-refractivity contribution in [1.29, 1.82) is 0 Å². The number of rotatable bonds is 14. The minimum absolute atomic E-state index is 0.0291. The van der Waals surface area contributed by atoms with E-state index in [1.807, 2.05) is 6.07 Å². The zero-order valence-corrected chi connectivity index (χ0v) is 26.6. The molecule has 6 atom stereocenters. The Morgan fingerprint density at radius 3 is 2.29 bits per heavy atom. The van der Waals surface area contributed by atoms with E-state index in [2.05, 4.69) is 19.1 Å². The first-order valence-corrected chi connectivity index (χ1v) is 16.4. The summed E-state index contributed by atoms with van der Waals surface area (Å²) in [4.78, 5) is 40.3. The number of ether oxygens (including phenoxy) is 2. The molecule has 42 heavy (non-hydrogen) atoms. The molecular formula is C35H53NO6. The number of hydrogen-bond donors (Lipinski definition) is 0. The fourth-order valence-electron chi connectivity index (χ4n) is 8.73. The van der Waals surface area contributed by atoms with Gasteiger partial charge in [-0.2, -0.15) is 0 Å². The molecule has 0 aromatic heterocycles. The Hall–Kier alpha value is -2.41. The van der Waals surface area contributed by atoms with Crippen LogP contribution in [0.1, 0.15) is 128 Å². The van der Waals surface area contributed by atoms with Crippen LogP contribution < -0.4 is 4.74 Å². The largest absolute Gasteiger partial charge is 0.462 e. The molecule has 7 nitrogen and oxygen atoms in total. The third kappa shape index (κ3) is 7.75. The predicted octanol–water partition coefficient (Wildman–Crippen LogP) is 7.55. The number of fused-ring (bicyclic) bond motifs is 5. The average Bonchev–Trinajstić information content (AvgIpc) is 3.27. The van der Waals surface area contributed by atoms with Crippen LogP contribution in [0.5, 0.6) is 5.75 Å². The smallest absolute Gasteiger partial charge is 0.308 e. The van der Waals surface area contributed by atoms with Gasteiger partial charge in [0, 0.05) is 32.7 Å². The van der Waals surface area contributed by atoms with E-state index in [1.165, 1.54) is 75.2 Å². The van der Waals surface area contributed by atoms with Crippen molar-refractivity contribution in [2.24, 2.45) is 23.2 Å². The molecule has 0 saturated heterocycles. The number of esters is 2. The van der Waals surface area contributed by atoms with Crippen molar-refractivity contribution < 1.29 is 28.7 Å². The number of hydroxylamine groups is 2. The molecule has 0 bridgehead atoms. The summed E-state index contributed by atoms with van der Waals surface area (Å²) in [5, 5.41) is 1.31. The molecule has 2 fully saturated rings. The van der Waals surface area contributed by atoms with Gasteiger partial charge in [-0.3, -0.25) is 19.2 Å². The lowest BCUT2D eigenvalue weighted by Gasteiger charge is -2.54. The van der Waals surface area contributed by atoms with Crippen molar-refractivity contribution in [3.05, 3.63) is 29.3 Å². The first kappa shape index (κ1) is 32.5. The van der Waals surface area contributed by atoms with Crippen molar-refractivity contribution in [1.82, 2.24) is 5.06 Å². The van der Waals surface area contributed by atoms with Crippen molar-refractivity contribution in [3.8, 4) is 5.75 Å². The summed E-state index contributed by atoms with van der Waals surface area (Å²) in [7, 11) is 3.18. The lowest BCUT2D eigenvalue weighted by Crippen LogP contribution is -2.48. The van der Waals surface area contributed by atoms with Gasteiger partial charge in [-0.05, 0) is 91.9 Å². The molecule has 0 N–H and O–H groups in total. The van der Waals surface area contributed by atoms with Gasteiger partial charge in [0.15, 0.2) is 0 Å². The summed E-state index contributed by atoms with van der Waals surface area (Å²) >= 11 is 0. The number of amides is 1. The van der Waals surface area contributed by atoms with Crippen LogP contribution >= 0.6 is 0 Å². The molecular weight excluding hydrogens is 530 g/mol. The van der Waals surface area contributed by atoms with E-state index in [0.717, 1.165) is 44.9 Å². The summed E-state index contributed by atoms with van der Waals surface area (Å²) in [6, 6.07) is 6.31. The molecule has 2 saturated carbocycles. The van der Waals surface area contributed by atoms with Gasteiger partial charge in [0.05, 0.1) is 7.11 Å². The van der Waals surface area contributed by atoms with Crippen LogP contribution in [-0.4, -0.2) is 43.2 Å². The minimum atomic E-state index is -0.276. The Morgan fingerprint density at radius 1 is 0.929 bits per heavy atom. The Labute approximate surface area is 253 Å². The van der Waals surface area contributed by atoms with Gasteiger partial charge in [0.2, 0.25) is 5.91 Å². The van der Waals surface area contributed by atoms with Crippen molar-refractivity contribution in [2.75, 3.05) is 14.2 Å². The van der Waals surface area contributed by atoms with Crippen LogP contribution in [-0.2, 0) is 30.4 Å². The van der Waals surface area contributed by atoms with Gasteiger partial charge in [0.1, 0.15) is 11.9 Å². The lowest BCUT2D eigenvalue weighted by molar-refractivity contribution is -0.168. The van der Waals surface area contributed by atoms with E-state index in [9.17, 15) is 14.4 Å². The molecule has 234 valence electrons. The number of unbranched alkanes of at least 4 members (excludes halogenated alkanes) is 7. The van der Waals surface area contributed by atoms with E-state index in [1.54, 1.807) is 14.0 Å². The molecule has 0 unspecified atom stereocenters. The van der Waals surface area contributed by atoms with Crippen molar-refractivity contribution in [3.63, 3.8) is 0 Å².